The quantitative estimate of drug-likeness (QED) is 0.571. The summed E-state index contributed by atoms with van der Waals surface area (Å²) in [6.07, 6.45) is 3.96. The molecule has 1 amide bonds. The Kier molecular flexibility index (Phi) is 3.86. The van der Waals surface area contributed by atoms with Gasteiger partial charge in [0, 0.05) is 28.9 Å². The van der Waals surface area contributed by atoms with Gasteiger partial charge in [-0.25, -0.2) is 4.98 Å². The summed E-state index contributed by atoms with van der Waals surface area (Å²) in [5, 5.41) is 5.04. The molecule has 0 bridgehead atoms. The van der Waals surface area contributed by atoms with E-state index >= 15 is 0 Å². The first kappa shape index (κ1) is 15.6. The van der Waals surface area contributed by atoms with E-state index in [4.69, 9.17) is 0 Å². The lowest BCUT2D eigenvalue weighted by molar-refractivity contribution is 0.102. The van der Waals surface area contributed by atoms with Gasteiger partial charge in [-0.15, -0.1) is 11.3 Å². The van der Waals surface area contributed by atoms with Crippen LogP contribution in [0.5, 0.6) is 0 Å². The summed E-state index contributed by atoms with van der Waals surface area (Å²) >= 11 is 1.59. The molecule has 0 unspecified atom stereocenters. The number of thiazole rings is 1. The molecule has 2 heterocycles. The van der Waals surface area contributed by atoms with E-state index in [0.29, 0.717) is 5.56 Å². The van der Waals surface area contributed by atoms with Crippen LogP contribution < -0.4 is 5.32 Å². The zero-order chi connectivity index (χ0) is 17.4. The molecule has 0 radical (unpaired) electrons. The van der Waals surface area contributed by atoms with Crippen LogP contribution in [0.2, 0.25) is 0 Å². The van der Waals surface area contributed by atoms with Gasteiger partial charge in [-0.2, -0.15) is 0 Å². The Labute approximate surface area is 149 Å². The van der Waals surface area contributed by atoms with Crippen LogP contribution in [0.15, 0.2) is 60.2 Å². The maximum absolute atomic E-state index is 12.7. The number of amides is 1. The summed E-state index contributed by atoms with van der Waals surface area (Å²) in [7, 11) is 0. The van der Waals surface area contributed by atoms with Crippen molar-refractivity contribution >= 4 is 27.9 Å². The van der Waals surface area contributed by atoms with Crippen LogP contribution in [0.25, 0.3) is 16.2 Å². The number of imidazole rings is 1. The highest BCUT2D eigenvalue weighted by molar-refractivity contribution is 7.15. The summed E-state index contributed by atoms with van der Waals surface area (Å²) in [5.41, 5.74) is 5.33. The number of aryl methyl sites for hydroxylation is 2. The minimum Gasteiger partial charge on any atom is -0.321 e. The Morgan fingerprint density at radius 1 is 1.16 bits per heavy atom. The van der Waals surface area contributed by atoms with Gasteiger partial charge in [-0.3, -0.25) is 9.20 Å². The van der Waals surface area contributed by atoms with Crippen LogP contribution in [0.4, 0.5) is 5.69 Å². The average Bonchev–Trinajstić information content (AvgIpc) is 3.16. The number of hydrogen-bond acceptors (Lipinski definition) is 3. The van der Waals surface area contributed by atoms with Crippen LogP contribution in [0.3, 0.4) is 0 Å². The largest absolute Gasteiger partial charge is 0.321 e. The van der Waals surface area contributed by atoms with E-state index in [1.807, 2.05) is 78.5 Å². The summed E-state index contributed by atoms with van der Waals surface area (Å²) in [6.45, 7) is 3.98. The molecule has 0 fully saturated rings. The first-order valence-electron chi connectivity index (χ1n) is 8.02. The Bertz CT molecular complexity index is 1050. The van der Waals surface area contributed by atoms with E-state index < -0.39 is 0 Å². The van der Waals surface area contributed by atoms with Gasteiger partial charge in [0.2, 0.25) is 0 Å². The molecule has 25 heavy (non-hydrogen) atoms. The SMILES string of the molecule is Cc1ccc(C(=O)Nc2ccccc2-c2cn3ccsc3n2)c(C)c1. The highest BCUT2D eigenvalue weighted by Gasteiger charge is 2.14. The Morgan fingerprint density at radius 2 is 2.00 bits per heavy atom. The highest BCUT2D eigenvalue weighted by Crippen LogP contribution is 2.29. The van der Waals surface area contributed by atoms with E-state index in [0.717, 1.165) is 33.0 Å². The van der Waals surface area contributed by atoms with E-state index in [1.54, 1.807) is 11.3 Å². The molecule has 0 saturated carbocycles. The smallest absolute Gasteiger partial charge is 0.255 e. The number of para-hydroxylation sites is 1. The molecule has 0 saturated heterocycles. The fourth-order valence-electron chi connectivity index (χ4n) is 2.93. The van der Waals surface area contributed by atoms with Crippen molar-refractivity contribution in [3.63, 3.8) is 0 Å². The molecule has 0 aliphatic heterocycles. The van der Waals surface area contributed by atoms with Crippen LogP contribution >= 0.6 is 11.3 Å². The van der Waals surface area contributed by atoms with E-state index in [1.165, 1.54) is 0 Å². The maximum atomic E-state index is 12.7. The van der Waals surface area contributed by atoms with Gasteiger partial charge in [-0.05, 0) is 31.5 Å². The van der Waals surface area contributed by atoms with E-state index in [-0.39, 0.29) is 5.91 Å². The van der Waals surface area contributed by atoms with Crippen LogP contribution in [0, 0.1) is 13.8 Å². The van der Waals surface area contributed by atoms with Crippen molar-refractivity contribution in [3.8, 4) is 11.3 Å². The number of benzene rings is 2. The van der Waals surface area contributed by atoms with Crippen molar-refractivity contribution in [3.05, 3.63) is 76.9 Å². The molecular weight excluding hydrogens is 330 g/mol. The third kappa shape index (κ3) is 2.94. The van der Waals surface area contributed by atoms with Crippen LogP contribution in [0.1, 0.15) is 21.5 Å². The average molecular weight is 347 g/mol. The second-order valence-electron chi connectivity index (χ2n) is 6.04. The molecule has 4 rings (SSSR count). The standard InChI is InChI=1S/C20H17N3OS/c1-13-7-8-15(14(2)11-13)19(24)21-17-6-4-3-5-16(17)18-12-23-9-10-25-20(23)22-18/h3-12H,1-2H3,(H,21,24). The molecule has 4 aromatic rings. The molecule has 2 aromatic carbocycles. The molecule has 0 spiro atoms. The normalized spacial score (nSPS) is 11.0. The lowest BCUT2D eigenvalue weighted by Gasteiger charge is -2.11. The minimum absolute atomic E-state index is 0.106. The molecular formula is C20H17N3OS. The van der Waals surface area contributed by atoms with Crippen molar-refractivity contribution in [1.29, 1.82) is 0 Å². The number of aromatic nitrogens is 2. The monoisotopic (exact) mass is 347 g/mol. The number of hydrogen-bond donors (Lipinski definition) is 1. The highest BCUT2D eigenvalue weighted by atomic mass is 32.1. The maximum Gasteiger partial charge on any atom is 0.255 e. The molecule has 1 N–H and O–H groups in total. The molecule has 4 nitrogen and oxygen atoms in total. The number of rotatable bonds is 3. The van der Waals surface area contributed by atoms with E-state index in [9.17, 15) is 4.79 Å². The van der Waals surface area contributed by atoms with Gasteiger partial charge in [-0.1, -0.05) is 35.9 Å². The van der Waals surface area contributed by atoms with Crippen molar-refractivity contribution < 1.29 is 4.79 Å². The lowest BCUT2D eigenvalue weighted by atomic mass is 10.0. The van der Waals surface area contributed by atoms with Crippen molar-refractivity contribution in [1.82, 2.24) is 9.38 Å². The van der Waals surface area contributed by atoms with Gasteiger partial charge in [0.1, 0.15) is 0 Å². The summed E-state index contributed by atoms with van der Waals surface area (Å²) in [5.74, 6) is -0.106. The second-order valence-corrected chi connectivity index (χ2v) is 6.91. The summed E-state index contributed by atoms with van der Waals surface area (Å²) in [4.78, 5) is 18.3. The predicted octanol–water partition coefficient (Wildman–Crippen LogP) is 4.93. The van der Waals surface area contributed by atoms with E-state index in [2.05, 4.69) is 10.3 Å². The number of nitrogens with one attached hydrogen (secondary N) is 1. The molecule has 2 aromatic heterocycles. The molecule has 124 valence electrons. The Balaban J connectivity index is 1.69. The number of anilines is 1. The van der Waals surface area contributed by atoms with Crippen molar-refractivity contribution in [2.75, 3.05) is 5.32 Å². The van der Waals surface area contributed by atoms with Gasteiger partial charge in [0.15, 0.2) is 4.96 Å². The summed E-state index contributed by atoms with van der Waals surface area (Å²) in [6, 6.07) is 13.6. The number of carbonyl (C=O) groups is 1. The first-order valence-corrected chi connectivity index (χ1v) is 8.90. The Morgan fingerprint density at radius 3 is 2.80 bits per heavy atom. The third-order valence-electron chi connectivity index (χ3n) is 4.17. The van der Waals surface area contributed by atoms with Crippen LogP contribution in [-0.2, 0) is 0 Å². The topological polar surface area (TPSA) is 46.4 Å². The first-order chi connectivity index (χ1) is 12.1. The molecule has 0 aliphatic rings. The fourth-order valence-corrected chi connectivity index (χ4v) is 3.63. The lowest BCUT2D eigenvalue weighted by Crippen LogP contribution is -2.14. The second kappa shape index (κ2) is 6.18. The third-order valence-corrected chi connectivity index (χ3v) is 4.94. The van der Waals surface area contributed by atoms with Crippen molar-refractivity contribution in [2.45, 2.75) is 13.8 Å². The van der Waals surface area contributed by atoms with Crippen molar-refractivity contribution in [2.24, 2.45) is 0 Å². The zero-order valence-electron chi connectivity index (χ0n) is 14.0. The van der Waals surface area contributed by atoms with Gasteiger partial charge in [0.05, 0.1) is 11.4 Å². The fraction of sp³-hybridized carbons (Fsp3) is 0.100. The minimum atomic E-state index is -0.106. The predicted molar refractivity (Wildman–Crippen MR) is 102 cm³/mol. The molecule has 5 heteroatoms. The number of carbonyl (C=O) groups excluding carboxylic acids is 1. The number of nitrogens with zero attached hydrogens (tertiary/aromatic N) is 2. The van der Waals surface area contributed by atoms with Gasteiger partial charge in [0.25, 0.3) is 5.91 Å². The van der Waals surface area contributed by atoms with Gasteiger partial charge < -0.3 is 5.32 Å². The zero-order valence-corrected chi connectivity index (χ0v) is 14.8. The molecule has 0 atom stereocenters. The van der Waals surface area contributed by atoms with Crippen LogP contribution in [-0.4, -0.2) is 15.3 Å². The Hall–Kier alpha value is -2.92. The summed E-state index contributed by atoms with van der Waals surface area (Å²) < 4.78 is 1.99. The number of fused-ring (bicyclic) bond motifs is 1. The van der Waals surface area contributed by atoms with Gasteiger partial charge >= 0.3 is 0 Å². The molecule has 0 aliphatic carbocycles.